The molecule has 0 radical (unpaired) electrons. The number of rotatable bonds is 9. The molecule has 8 nitrogen and oxygen atoms in total. The van der Waals surface area contributed by atoms with Gasteiger partial charge < -0.3 is 9.47 Å². The molecule has 0 aliphatic rings. The van der Waals surface area contributed by atoms with Gasteiger partial charge in [-0.15, -0.1) is 0 Å². The van der Waals surface area contributed by atoms with Crippen molar-refractivity contribution >= 4 is 29.4 Å². The fraction of sp³-hybridized carbons (Fsp3) is 0.130. The molecule has 0 saturated heterocycles. The summed E-state index contributed by atoms with van der Waals surface area (Å²) in [5.41, 5.74) is 4.13. The van der Waals surface area contributed by atoms with E-state index in [1.165, 1.54) is 30.5 Å². The van der Waals surface area contributed by atoms with Gasteiger partial charge >= 0.3 is 0 Å². The zero-order valence-corrected chi connectivity index (χ0v) is 17.9. The van der Waals surface area contributed by atoms with Crippen molar-refractivity contribution in [2.75, 3.05) is 0 Å². The normalized spacial score (nSPS) is 11.7. The molecule has 164 valence electrons. The number of carbonyl (C=O) groups is 1. The van der Waals surface area contributed by atoms with Crippen molar-refractivity contribution in [1.29, 1.82) is 0 Å². The molecule has 0 aliphatic heterocycles. The van der Waals surface area contributed by atoms with Gasteiger partial charge in [0, 0.05) is 17.2 Å². The Balaban J connectivity index is 1.45. The fourth-order valence-electron chi connectivity index (χ4n) is 2.56. The van der Waals surface area contributed by atoms with Crippen LogP contribution in [0.15, 0.2) is 77.9 Å². The predicted molar refractivity (Wildman–Crippen MR) is 121 cm³/mol. The molecular weight excluding hydrogens is 434 g/mol. The van der Waals surface area contributed by atoms with Crippen molar-refractivity contribution in [3.63, 3.8) is 0 Å². The molecule has 0 aliphatic carbocycles. The number of nitrogens with one attached hydrogen (secondary N) is 1. The summed E-state index contributed by atoms with van der Waals surface area (Å²) in [6.07, 6.45) is 0.664. The molecule has 0 unspecified atom stereocenters. The van der Waals surface area contributed by atoms with Gasteiger partial charge in [0.15, 0.2) is 6.10 Å². The van der Waals surface area contributed by atoms with Crippen molar-refractivity contribution in [3.05, 3.63) is 99.1 Å². The minimum Gasteiger partial charge on any atom is -0.489 e. The second-order valence-corrected chi connectivity index (χ2v) is 7.17. The Bertz CT molecular complexity index is 1080. The minimum absolute atomic E-state index is 0.0551. The van der Waals surface area contributed by atoms with E-state index in [0.717, 1.165) is 11.1 Å². The van der Waals surface area contributed by atoms with E-state index in [4.69, 9.17) is 21.1 Å². The molecule has 3 aromatic rings. The van der Waals surface area contributed by atoms with Crippen LogP contribution >= 0.6 is 11.6 Å². The first-order chi connectivity index (χ1) is 15.4. The summed E-state index contributed by atoms with van der Waals surface area (Å²) in [5, 5.41) is 15.3. The molecule has 1 N–H and O–H groups in total. The van der Waals surface area contributed by atoms with E-state index in [0.29, 0.717) is 23.1 Å². The van der Waals surface area contributed by atoms with E-state index in [-0.39, 0.29) is 5.69 Å². The lowest BCUT2D eigenvalue weighted by molar-refractivity contribution is -0.384. The maximum atomic E-state index is 12.1. The van der Waals surface area contributed by atoms with Crippen LogP contribution in [0.3, 0.4) is 0 Å². The Morgan fingerprint density at radius 3 is 2.31 bits per heavy atom. The lowest BCUT2D eigenvalue weighted by Crippen LogP contribution is -2.33. The van der Waals surface area contributed by atoms with E-state index in [2.05, 4.69) is 10.5 Å². The molecule has 0 saturated carbocycles. The zero-order chi connectivity index (χ0) is 22.9. The number of halogens is 1. The number of hydrogen-bond acceptors (Lipinski definition) is 6. The SMILES string of the molecule is C[C@H](Oc1ccc([N+](=O)[O-])cc1)C(=O)N/N=C\c1ccc(OCc2ccc(Cl)cc2)cc1. The Hall–Kier alpha value is -3.91. The van der Waals surface area contributed by atoms with Gasteiger partial charge in [-0.25, -0.2) is 5.43 Å². The van der Waals surface area contributed by atoms with Crippen LogP contribution in [0.25, 0.3) is 0 Å². The first kappa shape index (κ1) is 22.8. The number of hydrazone groups is 1. The van der Waals surface area contributed by atoms with E-state index < -0.39 is 16.9 Å². The highest BCUT2D eigenvalue weighted by Crippen LogP contribution is 2.18. The highest BCUT2D eigenvalue weighted by Gasteiger charge is 2.14. The van der Waals surface area contributed by atoms with Crippen molar-refractivity contribution in [3.8, 4) is 11.5 Å². The number of amides is 1. The largest absolute Gasteiger partial charge is 0.489 e. The molecule has 1 atom stereocenters. The summed E-state index contributed by atoms with van der Waals surface area (Å²) in [6, 6.07) is 20.1. The van der Waals surface area contributed by atoms with E-state index in [1.807, 2.05) is 36.4 Å². The zero-order valence-electron chi connectivity index (χ0n) is 17.1. The molecule has 0 fully saturated rings. The van der Waals surface area contributed by atoms with Gasteiger partial charge in [-0.05, 0) is 66.6 Å². The standard InChI is InChI=1S/C23H20ClN3O5/c1-16(32-22-12-8-20(9-13-22)27(29)30)23(28)26-25-14-17-4-10-21(11-5-17)31-15-18-2-6-19(24)7-3-18/h2-14,16H,15H2,1H3,(H,26,28)/b25-14-/t16-/m0/s1. The van der Waals surface area contributed by atoms with Crippen LogP contribution in [0.4, 0.5) is 5.69 Å². The van der Waals surface area contributed by atoms with Crippen molar-refractivity contribution in [1.82, 2.24) is 5.43 Å². The van der Waals surface area contributed by atoms with Crippen LogP contribution in [0.5, 0.6) is 11.5 Å². The number of nitro benzene ring substituents is 1. The third kappa shape index (κ3) is 6.82. The molecule has 32 heavy (non-hydrogen) atoms. The van der Waals surface area contributed by atoms with Crippen LogP contribution in [0, 0.1) is 10.1 Å². The number of benzene rings is 3. The maximum Gasteiger partial charge on any atom is 0.280 e. The Morgan fingerprint density at radius 2 is 1.69 bits per heavy atom. The van der Waals surface area contributed by atoms with E-state index in [9.17, 15) is 14.9 Å². The van der Waals surface area contributed by atoms with Gasteiger partial charge in [0.1, 0.15) is 18.1 Å². The summed E-state index contributed by atoms with van der Waals surface area (Å²) < 4.78 is 11.2. The van der Waals surface area contributed by atoms with Crippen LogP contribution in [-0.2, 0) is 11.4 Å². The molecule has 3 aromatic carbocycles. The van der Waals surface area contributed by atoms with E-state index >= 15 is 0 Å². The van der Waals surface area contributed by atoms with Gasteiger partial charge in [-0.1, -0.05) is 23.7 Å². The first-order valence-electron chi connectivity index (χ1n) is 9.62. The molecule has 0 spiro atoms. The Morgan fingerprint density at radius 1 is 1.06 bits per heavy atom. The van der Waals surface area contributed by atoms with Crippen LogP contribution in [0.2, 0.25) is 5.02 Å². The average molecular weight is 454 g/mol. The molecule has 0 bridgehead atoms. The molecule has 0 aromatic heterocycles. The van der Waals surface area contributed by atoms with Gasteiger partial charge in [-0.2, -0.15) is 5.10 Å². The number of non-ortho nitro benzene ring substituents is 1. The lowest BCUT2D eigenvalue weighted by atomic mass is 10.2. The van der Waals surface area contributed by atoms with Crippen molar-refractivity contribution in [2.45, 2.75) is 19.6 Å². The van der Waals surface area contributed by atoms with Gasteiger partial charge in [-0.3, -0.25) is 14.9 Å². The van der Waals surface area contributed by atoms with Crippen molar-refractivity contribution in [2.24, 2.45) is 5.10 Å². The maximum absolute atomic E-state index is 12.1. The Kier molecular flexibility index (Phi) is 7.77. The molecule has 1 amide bonds. The second kappa shape index (κ2) is 10.9. The van der Waals surface area contributed by atoms with Crippen LogP contribution < -0.4 is 14.9 Å². The second-order valence-electron chi connectivity index (χ2n) is 6.73. The third-order valence-electron chi connectivity index (χ3n) is 4.32. The predicted octanol–water partition coefficient (Wildman–Crippen LogP) is 4.74. The van der Waals surface area contributed by atoms with Gasteiger partial charge in [0.05, 0.1) is 11.1 Å². The number of nitro groups is 1. The van der Waals surface area contributed by atoms with Gasteiger partial charge in [0.25, 0.3) is 11.6 Å². The number of ether oxygens (including phenoxy) is 2. The first-order valence-corrected chi connectivity index (χ1v) is 10.00. The molecule has 9 heteroatoms. The Labute approximate surface area is 189 Å². The molecule has 0 heterocycles. The quantitative estimate of drug-likeness (QED) is 0.286. The van der Waals surface area contributed by atoms with Crippen LogP contribution in [-0.4, -0.2) is 23.1 Å². The summed E-state index contributed by atoms with van der Waals surface area (Å²) in [5.74, 6) is 0.588. The highest BCUT2D eigenvalue weighted by molar-refractivity contribution is 6.30. The minimum atomic E-state index is -0.836. The number of hydrogen-bond donors (Lipinski definition) is 1. The molecular formula is C23H20ClN3O5. The number of nitrogens with zero attached hydrogens (tertiary/aromatic N) is 2. The summed E-state index contributed by atoms with van der Waals surface area (Å²) >= 11 is 5.87. The smallest absolute Gasteiger partial charge is 0.280 e. The van der Waals surface area contributed by atoms with Crippen LogP contribution in [0.1, 0.15) is 18.1 Å². The fourth-order valence-corrected chi connectivity index (χ4v) is 2.69. The lowest BCUT2D eigenvalue weighted by Gasteiger charge is -2.12. The third-order valence-corrected chi connectivity index (χ3v) is 4.57. The summed E-state index contributed by atoms with van der Waals surface area (Å²) in [7, 11) is 0. The van der Waals surface area contributed by atoms with Crippen molar-refractivity contribution < 1.29 is 19.2 Å². The highest BCUT2D eigenvalue weighted by atomic mass is 35.5. The monoisotopic (exact) mass is 453 g/mol. The molecule has 3 rings (SSSR count). The number of carbonyl (C=O) groups excluding carboxylic acids is 1. The summed E-state index contributed by atoms with van der Waals surface area (Å²) in [6.45, 7) is 1.98. The summed E-state index contributed by atoms with van der Waals surface area (Å²) in [4.78, 5) is 22.3. The van der Waals surface area contributed by atoms with E-state index in [1.54, 1.807) is 19.1 Å². The topological polar surface area (TPSA) is 103 Å². The van der Waals surface area contributed by atoms with Gasteiger partial charge in [0.2, 0.25) is 0 Å². The average Bonchev–Trinajstić information content (AvgIpc) is 2.80.